The van der Waals surface area contributed by atoms with Crippen molar-refractivity contribution >= 4 is 5.91 Å². The van der Waals surface area contributed by atoms with Crippen molar-refractivity contribution in [3.8, 4) is 0 Å². The predicted octanol–water partition coefficient (Wildman–Crippen LogP) is 1.62. The average Bonchev–Trinajstić information content (AvgIpc) is 2.57. The summed E-state index contributed by atoms with van der Waals surface area (Å²) in [6.45, 7) is 1.79. The van der Waals surface area contributed by atoms with Gasteiger partial charge in [0.25, 0.3) is 0 Å². The Hall–Kier alpha value is -2.27. The molecule has 0 bridgehead atoms. The van der Waals surface area contributed by atoms with Crippen molar-refractivity contribution < 1.29 is 9.53 Å². The minimum Gasteiger partial charge on any atom is -0.370 e. The first kappa shape index (κ1) is 13.7. The Kier molecular flexibility index (Phi) is 4.21. The van der Waals surface area contributed by atoms with Crippen molar-refractivity contribution in [1.29, 1.82) is 0 Å². The molecule has 1 atom stereocenters. The monoisotopic (exact) mass is 283 g/mol. The van der Waals surface area contributed by atoms with Gasteiger partial charge in [0.1, 0.15) is 6.10 Å². The van der Waals surface area contributed by atoms with Gasteiger partial charge < -0.3 is 9.64 Å². The molecule has 0 aromatic carbocycles. The number of carbonyl (C=O) groups excluding carboxylic acids is 1. The van der Waals surface area contributed by atoms with Gasteiger partial charge >= 0.3 is 0 Å². The summed E-state index contributed by atoms with van der Waals surface area (Å²) < 4.78 is 5.76. The molecule has 1 aliphatic rings. The Morgan fingerprint density at radius 2 is 2.10 bits per heavy atom. The van der Waals surface area contributed by atoms with E-state index in [0.29, 0.717) is 26.1 Å². The normalized spacial score (nSPS) is 18.5. The largest absolute Gasteiger partial charge is 0.370 e. The van der Waals surface area contributed by atoms with Crippen LogP contribution in [-0.4, -0.2) is 40.5 Å². The van der Waals surface area contributed by atoms with Gasteiger partial charge in [-0.2, -0.15) is 0 Å². The Balaban J connectivity index is 1.64. The summed E-state index contributed by atoms with van der Waals surface area (Å²) in [5.41, 5.74) is 2.00. The van der Waals surface area contributed by atoms with E-state index in [4.69, 9.17) is 4.74 Å². The molecule has 0 saturated carbocycles. The van der Waals surface area contributed by atoms with Crippen LogP contribution in [0.3, 0.4) is 0 Å². The van der Waals surface area contributed by atoms with Crippen LogP contribution in [0.15, 0.2) is 49.1 Å². The van der Waals surface area contributed by atoms with E-state index >= 15 is 0 Å². The molecular formula is C16H17N3O2. The molecule has 0 spiro atoms. The van der Waals surface area contributed by atoms with Crippen molar-refractivity contribution in [3.63, 3.8) is 0 Å². The molecule has 108 valence electrons. The number of aromatic nitrogens is 2. The lowest BCUT2D eigenvalue weighted by molar-refractivity contribution is -0.138. The van der Waals surface area contributed by atoms with Gasteiger partial charge in [-0.1, -0.05) is 6.07 Å². The SMILES string of the molecule is O=C(Cc1cccnc1)N1CCO[C@@H](c2ccncc2)C1. The first-order valence-corrected chi connectivity index (χ1v) is 7.01. The van der Waals surface area contributed by atoms with Crippen LogP contribution in [0, 0.1) is 0 Å². The predicted molar refractivity (Wildman–Crippen MR) is 77.5 cm³/mol. The minimum absolute atomic E-state index is 0.0698. The van der Waals surface area contributed by atoms with Crippen LogP contribution in [0.25, 0.3) is 0 Å². The van der Waals surface area contributed by atoms with Gasteiger partial charge in [0.15, 0.2) is 0 Å². The van der Waals surface area contributed by atoms with Crippen LogP contribution < -0.4 is 0 Å². The molecule has 1 saturated heterocycles. The van der Waals surface area contributed by atoms with Crippen LogP contribution in [0.5, 0.6) is 0 Å². The number of carbonyl (C=O) groups is 1. The van der Waals surface area contributed by atoms with E-state index in [9.17, 15) is 4.79 Å². The van der Waals surface area contributed by atoms with E-state index in [2.05, 4.69) is 9.97 Å². The molecule has 0 N–H and O–H groups in total. The molecule has 2 aromatic heterocycles. The maximum absolute atomic E-state index is 12.4. The molecule has 3 heterocycles. The van der Waals surface area contributed by atoms with E-state index in [1.54, 1.807) is 24.8 Å². The number of morpholine rings is 1. The zero-order valence-corrected chi connectivity index (χ0v) is 11.7. The van der Waals surface area contributed by atoms with Crippen molar-refractivity contribution in [2.24, 2.45) is 0 Å². The van der Waals surface area contributed by atoms with Gasteiger partial charge in [-0.25, -0.2) is 0 Å². The average molecular weight is 283 g/mol. The summed E-state index contributed by atoms with van der Waals surface area (Å²) in [5.74, 6) is 0.116. The van der Waals surface area contributed by atoms with Crippen LogP contribution >= 0.6 is 0 Å². The molecule has 0 aliphatic carbocycles. The molecule has 1 fully saturated rings. The zero-order chi connectivity index (χ0) is 14.5. The molecule has 5 heteroatoms. The number of amides is 1. The molecule has 3 rings (SSSR count). The third kappa shape index (κ3) is 3.44. The highest BCUT2D eigenvalue weighted by atomic mass is 16.5. The Labute approximate surface area is 123 Å². The molecule has 0 radical (unpaired) electrons. The molecule has 2 aromatic rings. The zero-order valence-electron chi connectivity index (χ0n) is 11.7. The summed E-state index contributed by atoms with van der Waals surface area (Å²) in [7, 11) is 0. The van der Waals surface area contributed by atoms with Crippen molar-refractivity contribution in [2.45, 2.75) is 12.5 Å². The third-order valence-corrected chi connectivity index (χ3v) is 3.58. The number of pyridine rings is 2. The Bertz CT molecular complexity index is 589. The number of ether oxygens (including phenoxy) is 1. The standard InChI is InChI=1S/C16H17N3O2/c20-16(10-13-2-1-5-18-11-13)19-8-9-21-15(12-19)14-3-6-17-7-4-14/h1-7,11,15H,8-10,12H2/t15-/m1/s1. The van der Waals surface area contributed by atoms with Crippen molar-refractivity contribution in [2.75, 3.05) is 19.7 Å². The molecular weight excluding hydrogens is 266 g/mol. The quantitative estimate of drug-likeness (QED) is 0.859. The second-order valence-corrected chi connectivity index (χ2v) is 5.02. The van der Waals surface area contributed by atoms with Gasteiger partial charge in [0, 0.05) is 31.3 Å². The fraction of sp³-hybridized carbons (Fsp3) is 0.312. The number of nitrogens with zero attached hydrogens (tertiary/aromatic N) is 3. The van der Waals surface area contributed by atoms with Gasteiger partial charge in [0.2, 0.25) is 5.91 Å². The summed E-state index contributed by atoms with van der Waals surface area (Å²) in [6.07, 6.45) is 7.25. The first-order valence-electron chi connectivity index (χ1n) is 7.01. The Morgan fingerprint density at radius 3 is 2.86 bits per heavy atom. The third-order valence-electron chi connectivity index (χ3n) is 3.58. The highest BCUT2D eigenvalue weighted by Crippen LogP contribution is 2.21. The van der Waals surface area contributed by atoms with Crippen LogP contribution in [0.2, 0.25) is 0 Å². The lowest BCUT2D eigenvalue weighted by Gasteiger charge is -2.33. The van der Waals surface area contributed by atoms with E-state index in [1.165, 1.54) is 0 Å². The van der Waals surface area contributed by atoms with Gasteiger partial charge in [-0.05, 0) is 29.3 Å². The summed E-state index contributed by atoms with van der Waals surface area (Å²) in [4.78, 5) is 22.3. The summed E-state index contributed by atoms with van der Waals surface area (Å²) >= 11 is 0. The lowest BCUT2D eigenvalue weighted by Crippen LogP contribution is -2.43. The van der Waals surface area contributed by atoms with Crippen LogP contribution in [-0.2, 0) is 16.0 Å². The molecule has 21 heavy (non-hydrogen) atoms. The van der Waals surface area contributed by atoms with Crippen LogP contribution in [0.1, 0.15) is 17.2 Å². The highest BCUT2D eigenvalue weighted by molar-refractivity contribution is 5.78. The smallest absolute Gasteiger partial charge is 0.227 e. The number of hydrogen-bond donors (Lipinski definition) is 0. The lowest BCUT2D eigenvalue weighted by atomic mass is 10.1. The van der Waals surface area contributed by atoms with Crippen LogP contribution in [0.4, 0.5) is 0 Å². The molecule has 1 aliphatic heterocycles. The fourth-order valence-electron chi connectivity index (χ4n) is 2.44. The second-order valence-electron chi connectivity index (χ2n) is 5.02. The van der Waals surface area contributed by atoms with E-state index < -0.39 is 0 Å². The van der Waals surface area contributed by atoms with Crippen molar-refractivity contribution in [1.82, 2.24) is 14.9 Å². The highest BCUT2D eigenvalue weighted by Gasteiger charge is 2.25. The number of rotatable bonds is 3. The maximum Gasteiger partial charge on any atom is 0.227 e. The van der Waals surface area contributed by atoms with E-state index in [0.717, 1.165) is 11.1 Å². The summed E-state index contributed by atoms with van der Waals surface area (Å²) in [6, 6.07) is 7.63. The van der Waals surface area contributed by atoms with Crippen molar-refractivity contribution in [3.05, 3.63) is 60.2 Å². The first-order chi connectivity index (χ1) is 10.3. The van der Waals surface area contributed by atoms with Gasteiger partial charge in [0.05, 0.1) is 19.6 Å². The van der Waals surface area contributed by atoms with E-state index in [1.807, 2.05) is 29.2 Å². The number of hydrogen-bond acceptors (Lipinski definition) is 4. The van der Waals surface area contributed by atoms with Gasteiger partial charge in [-0.15, -0.1) is 0 Å². The van der Waals surface area contributed by atoms with Gasteiger partial charge in [-0.3, -0.25) is 14.8 Å². The Morgan fingerprint density at radius 1 is 1.24 bits per heavy atom. The summed E-state index contributed by atoms with van der Waals surface area (Å²) in [5, 5.41) is 0. The molecule has 1 amide bonds. The maximum atomic E-state index is 12.4. The van der Waals surface area contributed by atoms with E-state index in [-0.39, 0.29) is 12.0 Å². The second kappa shape index (κ2) is 6.45. The topological polar surface area (TPSA) is 55.3 Å². The minimum atomic E-state index is -0.0698. The molecule has 5 nitrogen and oxygen atoms in total. The fourth-order valence-corrected chi connectivity index (χ4v) is 2.44. The molecule has 0 unspecified atom stereocenters.